The molecule has 2 amide bonds. The molecule has 2 aliphatic rings. The van der Waals surface area contributed by atoms with Gasteiger partial charge in [-0.3, -0.25) is 9.59 Å². The molecule has 1 aromatic rings. The van der Waals surface area contributed by atoms with Crippen molar-refractivity contribution < 1.29 is 19.1 Å². The Morgan fingerprint density at radius 3 is 2.43 bits per heavy atom. The maximum Gasteiger partial charge on any atom is 0.355 e. The van der Waals surface area contributed by atoms with Crippen molar-refractivity contribution in [3.8, 4) is 0 Å². The molecule has 8 nitrogen and oxygen atoms in total. The summed E-state index contributed by atoms with van der Waals surface area (Å²) in [5.74, 6) is -0.137. The van der Waals surface area contributed by atoms with Gasteiger partial charge in [0.25, 0.3) is 0 Å². The number of ether oxygens (including phenoxy) is 1. The van der Waals surface area contributed by atoms with E-state index in [9.17, 15) is 14.4 Å². The van der Waals surface area contributed by atoms with Crippen LogP contribution in [0, 0.1) is 19.8 Å². The zero-order valence-corrected chi connectivity index (χ0v) is 22.1. The number of hydrogen-bond donors (Lipinski definition) is 2. The highest BCUT2D eigenvalue weighted by atomic mass is 16.5. The second-order valence-corrected chi connectivity index (χ2v) is 10.2. The van der Waals surface area contributed by atoms with E-state index in [1.165, 1.54) is 32.1 Å². The van der Waals surface area contributed by atoms with Gasteiger partial charge < -0.3 is 24.8 Å². The normalized spacial score (nSPS) is 17.6. The lowest BCUT2D eigenvalue weighted by Crippen LogP contribution is -2.45. The molecule has 0 unspecified atom stereocenters. The molecule has 35 heavy (non-hydrogen) atoms. The summed E-state index contributed by atoms with van der Waals surface area (Å²) >= 11 is 0. The third kappa shape index (κ3) is 7.32. The molecule has 3 rings (SSSR count). The first-order chi connectivity index (χ1) is 16.8. The second-order valence-electron chi connectivity index (χ2n) is 10.2. The summed E-state index contributed by atoms with van der Waals surface area (Å²) in [4.78, 5) is 45.0. The molecule has 1 aliphatic heterocycles. The Morgan fingerprint density at radius 1 is 1.09 bits per heavy atom. The van der Waals surface area contributed by atoms with Gasteiger partial charge in [0.05, 0.1) is 6.61 Å². The van der Waals surface area contributed by atoms with Gasteiger partial charge in [-0.15, -0.1) is 0 Å². The number of esters is 1. The summed E-state index contributed by atoms with van der Waals surface area (Å²) in [5.41, 5.74) is 3.25. The number of aromatic nitrogens is 1. The maximum atomic E-state index is 12.8. The van der Waals surface area contributed by atoms with E-state index in [1.54, 1.807) is 6.92 Å². The number of piperidine rings is 1. The van der Waals surface area contributed by atoms with Gasteiger partial charge in [-0.2, -0.15) is 0 Å². The van der Waals surface area contributed by atoms with Gasteiger partial charge in [-0.05, 0) is 71.0 Å². The van der Waals surface area contributed by atoms with Crippen molar-refractivity contribution in [1.82, 2.24) is 20.1 Å². The number of hydrogen-bond acceptors (Lipinski definition) is 5. The van der Waals surface area contributed by atoms with Crippen LogP contribution in [0.3, 0.4) is 0 Å². The van der Waals surface area contributed by atoms with Crippen LogP contribution in [0.5, 0.6) is 0 Å². The largest absolute Gasteiger partial charge is 0.461 e. The average Bonchev–Trinajstić information content (AvgIpc) is 3.16. The lowest BCUT2D eigenvalue weighted by Gasteiger charge is -2.32. The number of H-pyrrole nitrogens is 1. The molecule has 1 saturated carbocycles. The highest BCUT2D eigenvalue weighted by Crippen LogP contribution is 2.23. The third-order valence-corrected chi connectivity index (χ3v) is 7.84. The quantitative estimate of drug-likeness (QED) is 0.493. The van der Waals surface area contributed by atoms with Crippen LogP contribution in [-0.2, 0) is 20.7 Å². The fraction of sp³-hybridized carbons (Fsp3) is 0.741. The Kier molecular flexibility index (Phi) is 10.2. The van der Waals surface area contributed by atoms with E-state index in [4.69, 9.17) is 4.74 Å². The second kappa shape index (κ2) is 13.1. The first-order valence-electron chi connectivity index (χ1n) is 13.4. The van der Waals surface area contributed by atoms with E-state index in [2.05, 4.69) is 22.2 Å². The van der Waals surface area contributed by atoms with Crippen molar-refractivity contribution in [2.75, 3.05) is 39.8 Å². The summed E-state index contributed by atoms with van der Waals surface area (Å²) in [6.45, 7) is 8.76. The standard InChI is InChI=1S/C27H44N4O4/c1-5-35-27(34)25-19(2)23(20(3)29-25)11-12-24(32)31-16-13-21(14-17-31)26(33)28-15-18-30(4)22-9-7-6-8-10-22/h21-22,29H,5-18H2,1-4H3,(H,28,33). The van der Waals surface area contributed by atoms with E-state index in [0.717, 1.165) is 23.4 Å². The van der Waals surface area contributed by atoms with E-state index in [0.29, 0.717) is 63.7 Å². The van der Waals surface area contributed by atoms with Gasteiger partial charge in [-0.25, -0.2) is 4.79 Å². The highest BCUT2D eigenvalue weighted by molar-refractivity contribution is 5.90. The van der Waals surface area contributed by atoms with Crippen molar-refractivity contribution in [1.29, 1.82) is 0 Å². The minimum absolute atomic E-state index is 0.0136. The number of nitrogens with one attached hydrogen (secondary N) is 2. The fourth-order valence-electron chi connectivity index (χ4n) is 5.56. The molecule has 0 atom stereocenters. The van der Waals surface area contributed by atoms with E-state index in [-0.39, 0.29) is 23.7 Å². The number of carbonyl (C=O) groups is 3. The Morgan fingerprint density at radius 2 is 1.77 bits per heavy atom. The van der Waals surface area contributed by atoms with Crippen LogP contribution in [0.1, 0.15) is 85.6 Å². The topological polar surface area (TPSA) is 94.7 Å². The Hall–Kier alpha value is -2.35. The maximum absolute atomic E-state index is 12.8. The van der Waals surface area contributed by atoms with Crippen LogP contribution >= 0.6 is 0 Å². The lowest BCUT2D eigenvalue weighted by molar-refractivity contribution is -0.135. The summed E-state index contributed by atoms with van der Waals surface area (Å²) in [6, 6.07) is 0.658. The first-order valence-corrected chi connectivity index (χ1v) is 13.4. The number of rotatable bonds is 10. The van der Waals surface area contributed by atoms with Gasteiger partial charge in [0.1, 0.15) is 5.69 Å². The highest BCUT2D eigenvalue weighted by Gasteiger charge is 2.28. The van der Waals surface area contributed by atoms with Crippen molar-refractivity contribution in [3.05, 3.63) is 22.5 Å². The zero-order valence-electron chi connectivity index (χ0n) is 22.1. The SMILES string of the molecule is CCOC(=O)c1[nH]c(C)c(CCC(=O)N2CCC(C(=O)NCCN(C)C3CCCCC3)CC2)c1C. The van der Waals surface area contributed by atoms with Crippen LogP contribution < -0.4 is 5.32 Å². The van der Waals surface area contributed by atoms with Gasteiger partial charge in [0, 0.05) is 50.3 Å². The zero-order chi connectivity index (χ0) is 25.4. The Labute approximate surface area is 210 Å². The van der Waals surface area contributed by atoms with Crippen LogP contribution in [0.2, 0.25) is 0 Å². The minimum atomic E-state index is -0.355. The molecule has 196 valence electrons. The van der Waals surface area contributed by atoms with Crippen molar-refractivity contribution in [2.24, 2.45) is 5.92 Å². The van der Waals surface area contributed by atoms with Gasteiger partial charge in [-0.1, -0.05) is 19.3 Å². The van der Waals surface area contributed by atoms with E-state index in [1.807, 2.05) is 18.7 Å². The molecule has 2 N–H and O–H groups in total. The van der Waals surface area contributed by atoms with Crippen LogP contribution in [0.15, 0.2) is 0 Å². The van der Waals surface area contributed by atoms with Crippen LogP contribution in [-0.4, -0.2) is 78.4 Å². The minimum Gasteiger partial charge on any atom is -0.461 e. The summed E-state index contributed by atoms with van der Waals surface area (Å²) < 4.78 is 5.11. The molecule has 1 aromatic heterocycles. The number of aromatic amines is 1. The molecule has 0 bridgehead atoms. The first kappa shape index (κ1) is 27.2. The van der Waals surface area contributed by atoms with Crippen LogP contribution in [0.25, 0.3) is 0 Å². The Balaban J connectivity index is 1.38. The number of nitrogens with zero attached hydrogens (tertiary/aromatic N) is 2. The summed E-state index contributed by atoms with van der Waals surface area (Å²) in [6.07, 6.45) is 8.93. The van der Waals surface area contributed by atoms with Gasteiger partial charge in [0.2, 0.25) is 11.8 Å². The molecular weight excluding hydrogens is 444 g/mol. The molecule has 0 aromatic carbocycles. The number of amides is 2. The van der Waals surface area contributed by atoms with E-state index < -0.39 is 0 Å². The van der Waals surface area contributed by atoms with Crippen LogP contribution in [0.4, 0.5) is 0 Å². The average molecular weight is 489 g/mol. The van der Waals surface area contributed by atoms with Crippen molar-refractivity contribution in [2.45, 2.75) is 84.6 Å². The lowest BCUT2D eigenvalue weighted by atomic mass is 9.94. The Bertz CT molecular complexity index is 867. The van der Waals surface area contributed by atoms with Gasteiger partial charge in [0.15, 0.2) is 0 Å². The smallest absolute Gasteiger partial charge is 0.355 e. The number of likely N-dealkylation sites (tertiary alicyclic amines) is 1. The molecule has 1 saturated heterocycles. The molecule has 8 heteroatoms. The molecule has 1 aliphatic carbocycles. The predicted octanol–water partition coefficient (Wildman–Crippen LogP) is 3.36. The monoisotopic (exact) mass is 488 g/mol. The molecule has 0 radical (unpaired) electrons. The molecular formula is C27H44N4O4. The number of likely N-dealkylation sites (N-methyl/N-ethyl adjacent to an activating group) is 1. The van der Waals surface area contributed by atoms with E-state index >= 15 is 0 Å². The number of carbonyl (C=O) groups excluding carboxylic acids is 3. The number of aryl methyl sites for hydroxylation is 1. The van der Waals surface area contributed by atoms with Crippen molar-refractivity contribution >= 4 is 17.8 Å². The summed E-state index contributed by atoms with van der Waals surface area (Å²) in [5, 5.41) is 3.12. The predicted molar refractivity (Wildman–Crippen MR) is 136 cm³/mol. The fourth-order valence-corrected chi connectivity index (χ4v) is 5.56. The molecule has 2 fully saturated rings. The van der Waals surface area contributed by atoms with Gasteiger partial charge >= 0.3 is 5.97 Å². The molecule has 2 heterocycles. The molecule has 0 spiro atoms. The third-order valence-electron chi connectivity index (χ3n) is 7.84. The summed E-state index contributed by atoms with van der Waals surface area (Å²) in [7, 11) is 2.17. The van der Waals surface area contributed by atoms with Crippen molar-refractivity contribution in [3.63, 3.8) is 0 Å².